The molecule has 0 saturated heterocycles. The predicted octanol–water partition coefficient (Wildman–Crippen LogP) is 1.57. The molecule has 0 aromatic heterocycles. The summed E-state index contributed by atoms with van der Waals surface area (Å²) in [4.78, 5) is 22.1. The molecule has 0 unspecified atom stereocenters. The van der Waals surface area contributed by atoms with Gasteiger partial charge in [0, 0.05) is 26.1 Å². The monoisotopic (exact) mass is 278 g/mol. The number of hydrogen-bond donors (Lipinski definition) is 3. The predicted molar refractivity (Wildman–Crippen MR) is 76.9 cm³/mol. The van der Waals surface area contributed by atoms with E-state index in [1.807, 2.05) is 0 Å². The lowest BCUT2D eigenvalue weighted by Gasteiger charge is -2.10. The Kier molecular flexibility index (Phi) is 4.39. The maximum atomic E-state index is 11.4. The van der Waals surface area contributed by atoms with Crippen molar-refractivity contribution in [3.8, 4) is 0 Å². The molecule has 1 amide bonds. The molecule has 3 N–H and O–H groups in total. The van der Waals surface area contributed by atoms with Crippen molar-refractivity contribution in [1.82, 2.24) is 5.32 Å². The Balaban J connectivity index is 1.91. The van der Waals surface area contributed by atoms with E-state index < -0.39 is 4.92 Å². The number of nitrogens with zero attached hydrogens (tertiary/aromatic N) is 1. The van der Waals surface area contributed by atoms with Crippen molar-refractivity contribution in [3.05, 3.63) is 28.3 Å². The van der Waals surface area contributed by atoms with Gasteiger partial charge in [0.25, 0.3) is 0 Å². The molecule has 1 fully saturated rings. The fourth-order valence-corrected chi connectivity index (χ4v) is 1.96. The quantitative estimate of drug-likeness (QED) is 0.400. The van der Waals surface area contributed by atoms with Gasteiger partial charge in [-0.1, -0.05) is 6.07 Å². The lowest BCUT2D eigenvalue weighted by molar-refractivity contribution is -0.383. The maximum absolute atomic E-state index is 11.4. The summed E-state index contributed by atoms with van der Waals surface area (Å²) in [5.41, 5.74) is 0.924. The molecule has 1 aromatic carbocycles. The summed E-state index contributed by atoms with van der Waals surface area (Å²) >= 11 is 0. The molecule has 0 radical (unpaired) electrons. The topological polar surface area (TPSA) is 96.3 Å². The summed E-state index contributed by atoms with van der Waals surface area (Å²) in [6.45, 7) is 0.905. The Hall–Kier alpha value is -2.31. The first-order chi connectivity index (χ1) is 9.63. The number of carbonyl (C=O) groups is 1. The first kappa shape index (κ1) is 14.1. The number of benzene rings is 1. The number of anilines is 2. The molecule has 1 aliphatic carbocycles. The zero-order valence-electron chi connectivity index (χ0n) is 11.3. The number of amides is 1. The van der Waals surface area contributed by atoms with Crippen LogP contribution in [0.2, 0.25) is 0 Å². The summed E-state index contributed by atoms with van der Waals surface area (Å²) in [5, 5.41) is 19.7. The molecule has 0 heterocycles. The zero-order chi connectivity index (χ0) is 14.5. The Labute approximate surface area is 116 Å². The highest BCUT2D eigenvalue weighted by Crippen LogP contribution is 2.32. The van der Waals surface area contributed by atoms with Gasteiger partial charge in [-0.3, -0.25) is 14.9 Å². The zero-order valence-corrected chi connectivity index (χ0v) is 11.3. The molecule has 20 heavy (non-hydrogen) atoms. The van der Waals surface area contributed by atoms with Gasteiger partial charge in [0.15, 0.2) is 0 Å². The highest BCUT2D eigenvalue weighted by molar-refractivity contribution is 5.81. The van der Waals surface area contributed by atoms with Crippen LogP contribution in [0.4, 0.5) is 17.1 Å². The van der Waals surface area contributed by atoms with Gasteiger partial charge in [0.1, 0.15) is 11.4 Å². The van der Waals surface area contributed by atoms with E-state index >= 15 is 0 Å². The third kappa shape index (κ3) is 3.37. The van der Waals surface area contributed by atoms with Crippen LogP contribution in [-0.2, 0) is 4.79 Å². The lowest BCUT2D eigenvalue weighted by atomic mass is 10.2. The first-order valence-corrected chi connectivity index (χ1v) is 6.60. The third-order valence-electron chi connectivity index (χ3n) is 3.18. The molecule has 108 valence electrons. The number of nitro groups is 1. The standard InChI is InChI=1S/C13H18N4O3/c1-14-10-3-2-4-11(12(10)17(19)20)15-7-8-16-13(18)9-5-6-9/h2-4,9,14-15H,5-8H2,1H3,(H,16,18). The van der Waals surface area contributed by atoms with Crippen LogP contribution >= 0.6 is 0 Å². The van der Waals surface area contributed by atoms with Crippen molar-refractivity contribution in [3.63, 3.8) is 0 Å². The van der Waals surface area contributed by atoms with Crippen LogP contribution in [0.5, 0.6) is 0 Å². The molecule has 7 nitrogen and oxygen atoms in total. The van der Waals surface area contributed by atoms with Crippen LogP contribution in [0.15, 0.2) is 18.2 Å². The average Bonchev–Trinajstić information content (AvgIpc) is 3.27. The number of nitro benzene ring substituents is 1. The van der Waals surface area contributed by atoms with E-state index in [-0.39, 0.29) is 17.5 Å². The summed E-state index contributed by atoms with van der Waals surface area (Å²) in [6.07, 6.45) is 1.93. The van der Waals surface area contributed by atoms with Crippen molar-refractivity contribution in [2.45, 2.75) is 12.8 Å². The van der Waals surface area contributed by atoms with Gasteiger partial charge in [0.2, 0.25) is 5.91 Å². The smallest absolute Gasteiger partial charge is 0.315 e. The molecule has 1 aliphatic rings. The molecule has 0 spiro atoms. The molecule has 1 saturated carbocycles. The van der Waals surface area contributed by atoms with Crippen LogP contribution in [0.25, 0.3) is 0 Å². The average molecular weight is 278 g/mol. The van der Waals surface area contributed by atoms with Crippen molar-refractivity contribution in [1.29, 1.82) is 0 Å². The van der Waals surface area contributed by atoms with E-state index in [2.05, 4.69) is 16.0 Å². The van der Waals surface area contributed by atoms with Crippen LogP contribution in [-0.4, -0.2) is 31.0 Å². The van der Waals surface area contributed by atoms with Crippen LogP contribution in [0.3, 0.4) is 0 Å². The second-order valence-electron chi connectivity index (χ2n) is 4.70. The number of rotatable bonds is 7. The molecule has 0 atom stereocenters. The van der Waals surface area contributed by atoms with E-state index in [1.54, 1.807) is 25.2 Å². The summed E-state index contributed by atoms with van der Waals surface area (Å²) in [6, 6.07) is 5.05. The minimum Gasteiger partial charge on any atom is -0.382 e. The SMILES string of the molecule is CNc1cccc(NCCNC(=O)C2CC2)c1[N+](=O)[O-]. The second-order valence-corrected chi connectivity index (χ2v) is 4.70. The van der Waals surface area contributed by atoms with Gasteiger partial charge in [-0.05, 0) is 25.0 Å². The van der Waals surface area contributed by atoms with Crippen molar-refractivity contribution >= 4 is 23.0 Å². The van der Waals surface area contributed by atoms with Crippen molar-refractivity contribution in [2.75, 3.05) is 30.8 Å². The largest absolute Gasteiger partial charge is 0.382 e. The summed E-state index contributed by atoms with van der Waals surface area (Å²) in [5.74, 6) is 0.252. The van der Waals surface area contributed by atoms with E-state index in [0.717, 1.165) is 12.8 Å². The first-order valence-electron chi connectivity index (χ1n) is 6.60. The Bertz CT molecular complexity index is 514. The number of nitrogens with one attached hydrogen (secondary N) is 3. The van der Waals surface area contributed by atoms with Gasteiger partial charge in [-0.25, -0.2) is 0 Å². The summed E-state index contributed by atoms with van der Waals surface area (Å²) < 4.78 is 0. The van der Waals surface area contributed by atoms with Gasteiger partial charge >= 0.3 is 5.69 Å². The normalized spacial score (nSPS) is 13.7. The third-order valence-corrected chi connectivity index (χ3v) is 3.18. The molecule has 2 rings (SSSR count). The highest BCUT2D eigenvalue weighted by atomic mass is 16.6. The molecule has 0 aliphatic heterocycles. The van der Waals surface area contributed by atoms with Gasteiger partial charge < -0.3 is 16.0 Å². The fourth-order valence-electron chi connectivity index (χ4n) is 1.96. The maximum Gasteiger partial charge on any atom is 0.315 e. The van der Waals surface area contributed by atoms with Crippen molar-refractivity contribution < 1.29 is 9.72 Å². The van der Waals surface area contributed by atoms with Gasteiger partial charge in [-0.2, -0.15) is 0 Å². The van der Waals surface area contributed by atoms with E-state index in [1.165, 1.54) is 0 Å². The molecular formula is C13H18N4O3. The molecule has 0 bridgehead atoms. The Morgan fingerprint density at radius 2 is 2.05 bits per heavy atom. The Morgan fingerprint density at radius 3 is 2.65 bits per heavy atom. The Morgan fingerprint density at radius 1 is 1.35 bits per heavy atom. The number of hydrogen-bond acceptors (Lipinski definition) is 5. The highest BCUT2D eigenvalue weighted by Gasteiger charge is 2.29. The second kappa shape index (κ2) is 6.23. The van der Waals surface area contributed by atoms with Crippen molar-refractivity contribution in [2.24, 2.45) is 5.92 Å². The van der Waals surface area contributed by atoms with Crippen LogP contribution in [0.1, 0.15) is 12.8 Å². The molecular weight excluding hydrogens is 260 g/mol. The molecule has 1 aromatic rings. The minimum atomic E-state index is -0.420. The van der Waals surface area contributed by atoms with Crippen LogP contribution < -0.4 is 16.0 Å². The lowest BCUT2D eigenvalue weighted by Crippen LogP contribution is -2.29. The summed E-state index contributed by atoms with van der Waals surface area (Å²) in [7, 11) is 1.64. The van der Waals surface area contributed by atoms with E-state index in [9.17, 15) is 14.9 Å². The van der Waals surface area contributed by atoms with E-state index in [0.29, 0.717) is 24.5 Å². The van der Waals surface area contributed by atoms with Crippen LogP contribution in [0, 0.1) is 16.0 Å². The van der Waals surface area contributed by atoms with Gasteiger partial charge in [-0.15, -0.1) is 0 Å². The minimum absolute atomic E-state index is 0.0171. The number of carbonyl (C=O) groups excluding carboxylic acids is 1. The van der Waals surface area contributed by atoms with Gasteiger partial charge in [0.05, 0.1) is 4.92 Å². The van der Waals surface area contributed by atoms with E-state index in [4.69, 9.17) is 0 Å². The number of para-hydroxylation sites is 1. The fraction of sp³-hybridized carbons (Fsp3) is 0.462. The molecule has 7 heteroatoms.